The van der Waals surface area contributed by atoms with Crippen molar-refractivity contribution in [2.24, 2.45) is 0 Å². The number of nitrogens with zero attached hydrogens (tertiary/aromatic N) is 3. The molecule has 2 heterocycles. The lowest BCUT2D eigenvalue weighted by molar-refractivity contribution is -0.911. The van der Waals surface area contributed by atoms with E-state index in [-0.39, 0.29) is 5.82 Å². The lowest BCUT2D eigenvalue weighted by Gasteiger charge is -2.11. The first kappa shape index (κ1) is 17.1. The number of nitrogens with one attached hydrogen (secondary N) is 1. The summed E-state index contributed by atoms with van der Waals surface area (Å²) in [6.07, 6.45) is 2.48. The van der Waals surface area contributed by atoms with Gasteiger partial charge in [0.05, 0.1) is 18.7 Å². The van der Waals surface area contributed by atoms with E-state index in [0.717, 1.165) is 25.4 Å². The molecule has 6 heteroatoms. The normalized spacial score (nSPS) is 14.8. The van der Waals surface area contributed by atoms with Crippen molar-refractivity contribution in [2.45, 2.75) is 26.4 Å². The van der Waals surface area contributed by atoms with Crippen LogP contribution in [0.15, 0.2) is 48.5 Å². The molecule has 0 spiro atoms. The van der Waals surface area contributed by atoms with E-state index < -0.39 is 0 Å². The number of hydrogen-bond acceptors (Lipinski definition) is 2. The average molecular weight is 369 g/mol. The van der Waals surface area contributed by atoms with Gasteiger partial charge in [0.15, 0.2) is 12.5 Å². The van der Waals surface area contributed by atoms with Crippen molar-refractivity contribution in [1.29, 1.82) is 0 Å². The minimum atomic E-state index is -0.290. The third kappa shape index (κ3) is 3.22. The molecule has 3 aromatic rings. The number of rotatable bonds is 4. The maximum atomic E-state index is 14.5. The Morgan fingerprint density at radius 3 is 2.46 bits per heavy atom. The molecule has 1 aliphatic rings. The average Bonchev–Trinajstić information content (AvgIpc) is 3.26. The van der Waals surface area contributed by atoms with Gasteiger partial charge in [-0.3, -0.25) is 4.57 Å². The van der Waals surface area contributed by atoms with E-state index in [1.807, 2.05) is 46.5 Å². The molecule has 0 bridgehead atoms. The zero-order valence-electron chi connectivity index (χ0n) is 14.8. The van der Waals surface area contributed by atoms with E-state index in [0.29, 0.717) is 16.2 Å². The maximum Gasteiger partial charge on any atom is 0.207 e. The number of benzene rings is 2. The largest absolute Gasteiger partial charge is 0.316 e. The minimum Gasteiger partial charge on any atom is -0.316 e. The molecule has 2 aromatic carbocycles. The molecule has 4 nitrogen and oxygen atoms in total. The van der Waals surface area contributed by atoms with Crippen molar-refractivity contribution in [3.63, 3.8) is 0 Å². The van der Waals surface area contributed by atoms with Crippen molar-refractivity contribution in [1.82, 2.24) is 14.3 Å². The Morgan fingerprint density at radius 2 is 1.77 bits per heavy atom. The molecule has 0 atom stereocenters. The molecule has 0 radical (unpaired) electrons. The number of likely N-dealkylation sites (tertiary alicyclic amines) is 1. The van der Waals surface area contributed by atoms with E-state index >= 15 is 0 Å². The molecule has 0 amide bonds. The lowest BCUT2D eigenvalue weighted by atomic mass is 10.2. The van der Waals surface area contributed by atoms with Gasteiger partial charge in [0.25, 0.3) is 0 Å². The molecular formula is C20H22FN4S+. The van der Waals surface area contributed by atoms with E-state index in [4.69, 9.17) is 17.3 Å². The summed E-state index contributed by atoms with van der Waals surface area (Å²) in [6.45, 7) is 5.03. The van der Waals surface area contributed by atoms with Crippen LogP contribution in [0, 0.1) is 17.5 Å². The van der Waals surface area contributed by atoms with Gasteiger partial charge in [-0.05, 0) is 43.4 Å². The maximum absolute atomic E-state index is 14.5. The summed E-state index contributed by atoms with van der Waals surface area (Å²) in [5.74, 6) is 0.261. The first-order chi connectivity index (χ1) is 12.6. The zero-order valence-corrected chi connectivity index (χ0v) is 15.6. The Kier molecular flexibility index (Phi) is 4.70. The van der Waals surface area contributed by atoms with Crippen LogP contribution in [0.3, 0.4) is 0 Å². The van der Waals surface area contributed by atoms with Gasteiger partial charge in [-0.2, -0.15) is 4.68 Å². The van der Waals surface area contributed by atoms with Crippen LogP contribution in [0.2, 0.25) is 0 Å². The first-order valence-electron chi connectivity index (χ1n) is 8.99. The molecule has 4 rings (SSSR count). The molecule has 0 saturated carbocycles. The summed E-state index contributed by atoms with van der Waals surface area (Å²) in [7, 11) is 0. The van der Waals surface area contributed by atoms with Gasteiger partial charge in [0.1, 0.15) is 5.82 Å². The quantitative estimate of drug-likeness (QED) is 0.716. The Labute approximate surface area is 157 Å². The topological polar surface area (TPSA) is 27.2 Å². The van der Waals surface area contributed by atoms with Crippen LogP contribution in [0.4, 0.5) is 4.39 Å². The highest BCUT2D eigenvalue weighted by molar-refractivity contribution is 7.71. The van der Waals surface area contributed by atoms with Crippen molar-refractivity contribution in [2.75, 3.05) is 13.1 Å². The van der Waals surface area contributed by atoms with Crippen LogP contribution in [0.1, 0.15) is 18.4 Å². The molecule has 0 unspecified atom stereocenters. The Hall–Kier alpha value is -2.31. The van der Waals surface area contributed by atoms with Crippen LogP contribution >= 0.6 is 12.2 Å². The molecular weight excluding hydrogens is 347 g/mol. The molecule has 26 heavy (non-hydrogen) atoms. The monoisotopic (exact) mass is 369 g/mol. The summed E-state index contributed by atoms with van der Waals surface area (Å²) in [5, 5.41) is 4.72. The van der Waals surface area contributed by atoms with E-state index in [2.05, 4.69) is 0 Å². The minimum absolute atomic E-state index is 0.290. The third-order valence-corrected chi connectivity index (χ3v) is 5.32. The second-order valence-corrected chi connectivity index (χ2v) is 7.24. The third-order valence-electron chi connectivity index (χ3n) is 4.93. The van der Waals surface area contributed by atoms with Gasteiger partial charge in [-0.1, -0.05) is 29.8 Å². The van der Waals surface area contributed by atoms with Crippen molar-refractivity contribution >= 4 is 12.2 Å². The number of hydrogen-bond donors (Lipinski definition) is 1. The predicted molar refractivity (Wildman–Crippen MR) is 102 cm³/mol. The van der Waals surface area contributed by atoms with Crippen LogP contribution < -0.4 is 4.90 Å². The Morgan fingerprint density at radius 1 is 1.08 bits per heavy atom. The van der Waals surface area contributed by atoms with E-state index in [9.17, 15) is 4.39 Å². The van der Waals surface area contributed by atoms with Gasteiger partial charge < -0.3 is 4.90 Å². The molecule has 1 aliphatic heterocycles. The van der Waals surface area contributed by atoms with Gasteiger partial charge >= 0.3 is 0 Å². The number of quaternary nitrogens is 1. The molecule has 134 valence electrons. The Balaban J connectivity index is 1.86. The van der Waals surface area contributed by atoms with Crippen molar-refractivity contribution in [3.8, 4) is 17.1 Å². The van der Waals surface area contributed by atoms with Gasteiger partial charge in [-0.25, -0.2) is 4.39 Å². The molecule has 1 fully saturated rings. The fraction of sp³-hybridized carbons (Fsp3) is 0.300. The summed E-state index contributed by atoms with van der Waals surface area (Å²) >= 11 is 5.73. The summed E-state index contributed by atoms with van der Waals surface area (Å²) < 4.78 is 18.8. The lowest BCUT2D eigenvalue weighted by Crippen LogP contribution is -3.09. The van der Waals surface area contributed by atoms with Gasteiger partial charge in [0.2, 0.25) is 4.77 Å². The smallest absolute Gasteiger partial charge is 0.207 e. The van der Waals surface area contributed by atoms with Crippen LogP contribution in [-0.2, 0) is 6.67 Å². The second kappa shape index (κ2) is 7.13. The summed E-state index contributed by atoms with van der Waals surface area (Å²) in [4.78, 5) is 1.47. The SMILES string of the molecule is Cc1ccc(-n2c(-c3ccccc3F)nn(C[NH+]3CCCC3)c2=S)cc1. The van der Waals surface area contributed by atoms with Gasteiger partial charge in [0, 0.05) is 18.5 Å². The summed E-state index contributed by atoms with van der Waals surface area (Å²) in [6, 6.07) is 14.8. The highest BCUT2D eigenvalue weighted by atomic mass is 32.1. The standard InChI is InChI=1S/C20H21FN4S/c1-15-8-10-16(11-9-15)25-19(17-6-2-3-7-18(17)21)22-24(20(25)26)14-23-12-4-5-13-23/h2-3,6-11H,4-5,12-14H2,1H3/p+1. The van der Waals surface area contributed by atoms with Crippen LogP contribution in [0.5, 0.6) is 0 Å². The van der Waals surface area contributed by atoms with Crippen molar-refractivity contribution in [3.05, 3.63) is 64.7 Å². The Bertz CT molecular complexity index is 968. The fourth-order valence-corrected chi connectivity index (χ4v) is 3.80. The fourth-order valence-electron chi connectivity index (χ4n) is 3.50. The first-order valence-corrected chi connectivity index (χ1v) is 9.39. The number of halogens is 1. The highest BCUT2D eigenvalue weighted by Gasteiger charge is 2.21. The number of aryl methyl sites for hydroxylation is 1. The van der Waals surface area contributed by atoms with Crippen LogP contribution in [0.25, 0.3) is 17.1 Å². The van der Waals surface area contributed by atoms with E-state index in [1.165, 1.54) is 29.4 Å². The second-order valence-electron chi connectivity index (χ2n) is 6.87. The molecule has 1 N–H and O–H groups in total. The highest BCUT2D eigenvalue weighted by Crippen LogP contribution is 2.25. The van der Waals surface area contributed by atoms with E-state index in [1.54, 1.807) is 12.1 Å². The van der Waals surface area contributed by atoms with Crippen molar-refractivity contribution < 1.29 is 9.29 Å². The zero-order chi connectivity index (χ0) is 18.1. The van der Waals surface area contributed by atoms with Gasteiger partial charge in [-0.15, -0.1) is 5.10 Å². The molecule has 0 aliphatic carbocycles. The molecule has 1 saturated heterocycles. The predicted octanol–water partition coefficient (Wildman–Crippen LogP) is 3.15. The van der Waals surface area contributed by atoms with Crippen LogP contribution in [-0.4, -0.2) is 27.4 Å². The summed E-state index contributed by atoms with van der Waals surface area (Å²) in [5.41, 5.74) is 2.54. The molecule has 1 aromatic heterocycles. The number of aromatic nitrogens is 3.